The number of benzene rings is 1. The summed E-state index contributed by atoms with van der Waals surface area (Å²) in [6, 6.07) is 6.95. The van der Waals surface area contributed by atoms with Crippen LogP contribution in [-0.2, 0) is 16.0 Å². The van der Waals surface area contributed by atoms with E-state index in [4.69, 9.17) is 10.5 Å². The van der Waals surface area contributed by atoms with E-state index in [0.717, 1.165) is 29.3 Å². The van der Waals surface area contributed by atoms with Gasteiger partial charge in [-0.1, -0.05) is 95.1 Å². The Morgan fingerprint density at radius 3 is 2.11 bits per heavy atom. The van der Waals surface area contributed by atoms with Gasteiger partial charge in [0.15, 0.2) is 0 Å². The molecule has 1 aromatic heterocycles. The summed E-state index contributed by atoms with van der Waals surface area (Å²) in [5.74, 6) is -0.434. The molecule has 0 fully saturated rings. The third-order valence-electron chi connectivity index (χ3n) is 6.78. The lowest BCUT2D eigenvalue weighted by Gasteiger charge is -2.11. The van der Waals surface area contributed by atoms with Crippen LogP contribution in [0.25, 0.3) is 10.9 Å². The molecule has 200 valence electrons. The molecule has 0 bridgehead atoms. The number of esters is 1. The molecule has 5 heteroatoms. The Balaban J connectivity index is 1.49. The fourth-order valence-electron chi connectivity index (χ4n) is 4.62. The standard InChI is InChI=1S/C31H48N2O3/c1-3-4-5-6-7-8-9-10-11-12-13-14-15-16-17-20-23-36-31(35)29(32)24-27-25-33(26(2)34)30-22-19-18-21-28(27)30/h10-11,18-19,21-22,25,29H,3-9,12-17,20,23-24,32H2,1-2H3/b11-10+. The minimum atomic E-state index is -0.731. The first-order valence-electron chi connectivity index (χ1n) is 14.2. The van der Waals surface area contributed by atoms with E-state index in [2.05, 4.69) is 19.1 Å². The van der Waals surface area contributed by atoms with Crippen molar-refractivity contribution < 1.29 is 14.3 Å². The Morgan fingerprint density at radius 2 is 1.47 bits per heavy atom. The molecule has 2 aromatic rings. The molecule has 0 saturated carbocycles. The quantitative estimate of drug-likeness (QED) is 0.123. The van der Waals surface area contributed by atoms with Gasteiger partial charge in [0.05, 0.1) is 12.1 Å². The van der Waals surface area contributed by atoms with Gasteiger partial charge < -0.3 is 10.5 Å². The summed E-state index contributed by atoms with van der Waals surface area (Å²) in [7, 11) is 0. The number of hydrogen-bond donors (Lipinski definition) is 1. The lowest BCUT2D eigenvalue weighted by atomic mass is 10.1. The van der Waals surface area contributed by atoms with Crippen molar-refractivity contribution in [3.8, 4) is 0 Å². The number of rotatable bonds is 19. The number of aromatic nitrogens is 1. The van der Waals surface area contributed by atoms with Crippen molar-refractivity contribution >= 4 is 22.8 Å². The van der Waals surface area contributed by atoms with Crippen molar-refractivity contribution in [3.63, 3.8) is 0 Å². The monoisotopic (exact) mass is 496 g/mol. The molecule has 0 aliphatic heterocycles. The summed E-state index contributed by atoms with van der Waals surface area (Å²) in [5, 5.41) is 0.948. The maximum atomic E-state index is 12.4. The van der Waals surface area contributed by atoms with Gasteiger partial charge >= 0.3 is 5.97 Å². The van der Waals surface area contributed by atoms with Gasteiger partial charge in [0.1, 0.15) is 6.04 Å². The Bertz CT molecular complexity index is 931. The minimum absolute atomic E-state index is 0.0615. The van der Waals surface area contributed by atoms with E-state index in [9.17, 15) is 9.59 Å². The van der Waals surface area contributed by atoms with Gasteiger partial charge in [-0.2, -0.15) is 0 Å². The highest BCUT2D eigenvalue weighted by atomic mass is 16.5. The molecule has 1 aromatic carbocycles. The number of ether oxygens (including phenoxy) is 1. The van der Waals surface area contributed by atoms with Crippen molar-refractivity contribution in [2.24, 2.45) is 5.73 Å². The number of carbonyl (C=O) groups excluding carboxylic acids is 2. The van der Waals surface area contributed by atoms with Gasteiger partial charge in [-0.05, 0) is 43.7 Å². The van der Waals surface area contributed by atoms with Crippen LogP contribution in [0.4, 0.5) is 0 Å². The summed E-state index contributed by atoms with van der Waals surface area (Å²) in [6.07, 6.45) is 24.4. The molecule has 1 heterocycles. The van der Waals surface area contributed by atoms with Crippen LogP contribution in [0.2, 0.25) is 0 Å². The van der Waals surface area contributed by atoms with E-state index < -0.39 is 6.04 Å². The molecule has 0 aliphatic carbocycles. The molecular weight excluding hydrogens is 448 g/mol. The van der Waals surface area contributed by atoms with Crippen LogP contribution in [-0.4, -0.2) is 29.1 Å². The van der Waals surface area contributed by atoms with E-state index in [0.29, 0.717) is 13.0 Å². The number of fused-ring (bicyclic) bond motifs is 1. The molecule has 5 nitrogen and oxygen atoms in total. The third kappa shape index (κ3) is 11.1. The fraction of sp³-hybridized carbons (Fsp3) is 0.613. The van der Waals surface area contributed by atoms with Crippen LogP contribution >= 0.6 is 0 Å². The summed E-state index contributed by atoms with van der Waals surface area (Å²) in [5.41, 5.74) is 7.85. The van der Waals surface area contributed by atoms with Gasteiger partial charge in [-0.15, -0.1) is 0 Å². The number of unbranched alkanes of at least 4 members (excludes halogenated alkanes) is 12. The van der Waals surface area contributed by atoms with Crippen LogP contribution in [0, 0.1) is 0 Å². The minimum Gasteiger partial charge on any atom is -0.465 e. The summed E-state index contributed by atoms with van der Waals surface area (Å²) >= 11 is 0. The van der Waals surface area contributed by atoms with Gasteiger partial charge in [0.25, 0.3) is 0 Å². The molecule has 1 atom stereocenters. The second-order valence-corrected chi connectivity index (χ2v) is 9.98. The predicted octanol–water partition coefficient (Wildman–Crippen LogP) is 7.75. The zero-order valence-corrected chi connectivity index (χ0v) is 22.7. The Morgan fingerprint density at radius 1 is 0.889 bits per heavy atom. The largest absolute Gasteiger partial charge is 0.465 e. The third-order valence-corrected chi connectivity index (χ3v) is 6.78. The van der Waals surface area contributed by atoms with Gasteiger partial charge in [0.2, 0.25) is 5.91 Å². The van der Waals surface area contributed by atoms with Gasteiger partial charge in [-0.25, -0.2) is 0 Å². The fourth-order valence-corrected chi connectivity index (χ4v) is 4.62. The lowest BCUT2D eigenvalue weighted by Crippen LogP contribution is -2.34. The topological polar surface area (TPSA) is 74.3 Å². The number of nitrogens with two attached hydrogens (primary N) is 1. The average Bonchev–Trinajstić information content (AvgIpc) is 3.24. The maximum absolute atomic E-state index is 12.4. The predicted molar refractivity (Wildman–Crippen MR) is 150 cm³/mol. The number of allylic oxidation sites excluding steroid dienone is 2. The van der Waals surface area contributed by atoms with Crippen LogP contribution < -0.4 is 5.73 Å². The normalized spacial score (nSPS) is 12.4. The molecule has 1 unspecified atom stereocenters. The van der Waals surface area contributed by atoms with Crippen LogP contribution in [0.5, 0.6) is 0 Å². The molecule has 2 rings (SSSR count). The highest BCUT2D eigenvalue weighted by molar-refractivity contribution is 5.94. The average molecular weight is 497 g/mol. The number of hydrogen-bond acceptors (Lipinski definition) is 4. The van der Waals surface area contributed by atoms with Crippen LogP contribution in [0.15, 0.2) is 42.6 Å². The van der Waals surface area contributed by atoms with Crippen molar-refractivity contribution in [1.82, 2.24) is 4.57 Å². The van der Waals surface area contributed by atoms with E-state index in [-0.39, 0.29) is 11.9 Å². The molecular formula is C31H48N2O3. The van der Waals surface area contributed by atoms with E-state index in [1.54, 1.807) is 10.8 Å². The van der Waals surface area contributed by atoms with Crippen molar-refractivity contribution in [3.05, 3.63) is 48.2 Å². The first kappa shape index (κ1) is 29.8. The molecule has 36 heavy (non-hydrogen) atoms. The zero-order chi connectivity index (χ0) is 26.0. The van der Waals surface area contributed by atoms with E-state index >= 15 is 0 Å². The second-order valence-electron chi connectivity index (χ2n) is 9.98. The number of para-hydroxylation sites is 1. The Labute approximate surface area is 218 Å². The first-order chi connectivity index (χ1) is 17.5. The van der Waals surface area contributed by atoms with Crippen LogP contribution in [0.3, 0.4) is 0 Å². The summed E-state index contributed by atoms with van der Waals surface area (Å²) in [4.78, 5) is 24.3. The van der Waals surface area contributed by atoms with E-state index in [1.807, 2.05) is 24.3 Å². The van der Waals surface area contributed by atoms with Gasteiger partial charge in [0, 0.05) is 24.9 Å². The van der Waals surface area contributed by atoms with Crippen molar-refractivity contribution in [1.29, 1.82) is 0 Å². The SMILES string of the molecule is CCCCCCCC/C=C/CCCCCCCCOC(=O)C(N)Cc1cn(C(C)=O)c2ccccc12. The molecule has 0 aliphatic rings. The molecule has 0 saturated heterocycles. The van der Waals surface area contributed by atoms with Crippen molar-refractivity contribution in [2.45, 2.75) is 116 Å². The number of carbonyl (C=O) groups is 2. The lowest BCUT2D eigenvalue weighted by molar-refractivity contribution is -0.145. The first-order valence-corrected chi connectivity index (χ1v) is 14.2. The second kappa shape index (κ2) is 17.9. The molecule has 0 spiro atoms. The summed E-state index contributed by atoms with van der Waals surface area (Å²) in [6.45, 7) is 4.21. The smallest absolute Gasteiger partial charge is 0.323 e. The summed E-state index contributed by atoms with van der Waals surface area (Å²) < 4.78 is 7.02. The molecule has 0 radical (unpaired) electrons. The maximum Gasteiger partial charge on any atom is 0.323 e. The van der Waals surface area contributed by atoms with Crippen molar-refractivity contribution in [2.75, 3.05) is 6.61 Å². The number of nitrogens with zero attached hydrogens (tertiary/aromatic N) is 1. The Hall–Kier alpha value is -2.40. The molecule has 0 amide bonds. The highest BCUT2D eigenvalue weighted by Gasteiger charge is 2.19. The zero-order valence-electron chi connectivity index (χ0n) is 22.7. The van der Waals surface area contributed by atoms with Gasteiger partial charge in [-0.3, -0.25) is 14.2 Å². The Kier molecular flexibility index (Phi) is 14.9. The van der Waals surface area contributed by atoms with Crippen LogP contribution in [0.1, 0.15) is 114 Å². The highest BCUT2D eigenvalue weighted by Crippen LogP contribution is 2.22. The van der Waals surface area contributed by atoms with E-state index in [1.165, 1.54) is 84.0 Å². The molecule has 2 N–H and O–H groups in total.